The Hall–Kier alpha value is -1.52. The van der Waals surface area contributed by atoms with Crippen LogP contribution in [0.4, 0.5) is 0 Å². The van der Waals surface area contributed by atoms with Gasteiger partial charge in [0.2, 0.25) is 0 Å². The molecule has 0 aliphatic carbocycles. The van der Waals surface area contributed by atoms with E-state index in [1.165, 1.54) is 4.57 Å². The molecule has 1 aromatic heterocycles. The molecule has 0 bridgehead atoms. The first kappa shape index (κ1) is 7.59. The Morgan fingerprint density at radius 2 is 2.27 bits per heavy atom. The Kier molecular flexibility index (Phi) is 1.80. The van der Waals surface area contributed by atoms with Crippen LogP contribution < -0.4 is 11.5 Å². The van der Waals surface area contributed by atoms with Crippen LogP contribution in [0.3, 0.4) is 0 Å². The molecule has 0 unspecified atom stereocenters. The van der Waals surface area contributed by atoms with Crippen molar-refractivity contribution >= 4 is 6.08 Å². The third-order valence-corrected chi connectivity index (χ3v) is 1.35. The highest BCUT2D eigenvalue weighted by atomic mass is 16.2. The van der Waals surface area contributed by atoms with Crippen molar-refractivity contribution in [2.45, 2.75) is 6.92 Å². The van der Waals surface area contributed by atoms with Crippen LogP contribution in [0, 0.1) is 0 Å². The Labute approximate surface area is 63.7 Å². The first-order chi connectivity index (χ1) is 5.16. The molecule has 0 atom stereocenters. The van der Waals surface area contributed by atoms with Crippen molar-refractivity contribution in [1.29, 1.82) is 0 Å². The van der Waals surface area contributed by atoms with Crippen LogP contribution in [0.5, 0.6) is 0 Å². The highest BCUT2D eigenvalue weighted by Gasteiger charge is 2.02. The molecule has 60 valence electrons. The molecule has 5 nitrogen and oxygen atoms in total. The predicted molar refractivity (Wildman–Crippen MR) is 42.3 cm³/mol. The number of aromatic nitrogens is 3. The van der Waals surface area contributed by atoms with E-state index in [2.05, 4.69) is 5.10 Å². The summed E-state index contributed by atoms with van der Waals surface area (Å²) in [6, 6.07) is 0. The van der Waals surface area contributed by atoms with Gasteiger partial charge >= 0.3 is 5.69 Å². The lowest BCUT2D eigenvalue weighted by Crippen LogP contribution is -2.28. The molecule has 1 rings (SSSR count). The SMILES string of the molecule is C/C=C\c1nn(N)c(=O)n1C. The van der Waals surface area contributed by atoms with E-state index in [-0.39, 0.29) is 5.69 Å². The third kappa shape index (κ3) is 1.17. The first-order valence-corrected chi connectivity index (χ1v) is 3.20. The maximum absolute atomic E-state index is 11.0. The van der Waals surface area contributed by atoms with Crippen molar-refractivity contribution in [3.63, 3.8) is 0 Å². The first-order valence-electron chi connectivity index (χ1n) is 3.20. The Balaban J connectivity index is 3.30. The van der Waals surface area contributed by atoms with Crippen LogP contribution >= 0.6 is 0 Å². The molecule has 0 radical (unpaired) electrons. The van der Waals surface area contributed by atoms with Crippen molar-refractivity contribution in [2.75, 3.05) is 5.84 Å². The van der Waals surface area contributed by atoms with Gasteiger partial charge in [-0.05, 0) is 13.0 Å². The molecule has 1 heterocycles. The molecule has 5 heteroatoms. The van der Waals surface area contributed by atoms with Crippen molar-refractivity contribution < 1.29 is 0 Å². The largest absolute Gasteiger partial charge is 0.365 e. The van der Waals surface area contributed by atoms with Crippen LogP contribution in [0.1, 0.15) is 12.7 Å². The molecule has 0 saturated carbocycles. The van der Waals surface area contributed by atoms with E-state index in [0.717, 1.165) is 4.79 Å². The lowest BCUT2D eigenvalue weighted by atomic mass is 10.5. The van der Waals surface area contributed by atoms with Crippen molar-refractivity contribution in [3.8, 4) is 0 Å². The van der Waals surface area contributed by atoms with Gasteiger partial charge in [0.25, 0.3) is 0 Å². The molecule has 0 amide bonds. The van der Waals surface area contributed by atoms with Crippen LogP contribution in [0.25, 0.3) is 6.08 Å². The summed E-state index contributed by atoms with van der Waals surface area (Å²) in [5.41, 5.74) is -0.321. The van der Waals surface area contributed by atoms with Gasteiger partial charge in [0.1, 0.15) is 0 Å². The molecular weight excluding hydrogens is 144 g/mol. The van der Waals surface area contributed by atoms with Gasteiger partial charge in [-0.2, -0.15) is 0 Å². The van der Waals surface area contributed by atoms with Crippen LogP contribution in [0.15, 0.2) is 10.9 Å². The Bertz CT molecular complexity index is 333. The van der Waals surface area contributed by atoms with Gasteiger partial charge in [-0.15, -0.1) is 9.89 Å². The molecule has 0 aliphatic rings. The highest BCUT2D eigenvalue weighted by Crippen LogP contribution is 1.90. The number of rotatable bonds is 1. The fraction of sp³-hybridized carbons (Fsp3) is 0.333. The summed E-state index contributed by atoms with van der Waals surface area (Å²) in [6.07, 6.45) is 3.51. The van der Waals surface area contributed by atoms with Gasteiger partial charge in [0.05, 0.1) is 0 Å². The maximum atomic E-state index is 11.0. The topological polar surface area (TPSA) is 65.8 Å². The number of nitrogens with two attached hydrogens (primary N) is 1. The van der Waals surface area contributed by atoms with Crippen molar-refractivity contribution in [3.05, 3.63) is 22.4 Å². The van der Waals surface area contributed by atoms with E-state index in [1.54, 1.807) is 19.2 Å². The zero-order valence-electron chi connectivity index (χ0n) is 6.48. The van der Waals surface area contributed by atoms with E-state index in [0.29, 0.717) is 5.82 Å². The standard InChI is InChI=1S/C6H10N4O/c1-3-4-5-8-10(7)6(11)9(5)2/h3-4H,7H2,1-2H3/b4-3-. The van der Waals surface area contributed by atoms with Crippen molar-refractivity contribution in [2.24, 2.45) is 7.05 Å². The lowest BCUT2D eigenvalue weighted by molar-refractivity contribution is 0.764. The molecular formula is C6H10N4O. The van der Waals surface area contributed by atoms with Crippen LogP contribution in [-0.2, 0) is 7.05 Å². The van der Waals surface area contributed by atoms with Crippen LogP contribution in [0.2, 0.25) is 0 Å². The second-order valence-electron chi connectivity index (χ2n) is 2.14. The zero-order valence-corrected chi connectivity index (χ0v) is 6.48. The fourth-order valence-corrected chi connectivity index (χ4v) is 0.766. The minimum absolute atomic E-state index is 0.321. The predicted octanol–water partition coefficient (Wildman–Crippen LogP) is -0.671. The van der Waals surface area contributed by atoms with Crippen molar-refractivity contribution in [1.82, 2.24) is 14.5 Å². The van der Waals surface area contributed by atoms with Gasteiger partial charge < -0.3 is 5.84 Å². The number of nitrogens with zero attached hydrogens (tertiary/aromatic N) is 3. The highest BCUT2D eigenvalue weighted by molar-refractivity contribution is 5.38. The second kappa shape index (κ2) is 2.61. The number of hydrogen-bond donors (Lipinski definition) is 1. The number of allylic oxidation sites excluding steroid dienone is 1. The summed E-state index contributed by atoms with van der Waals surface area (Å²) in [7, 11) is 1.62. The van der Waals surface area contributed by atoms with E-state index in [1.807, 2.05) is 6.92 Å². The smallest absolute Gasteiger partial charge is 0.318 e. The number of nitrogen functional groups attached to an aromatic ring is 1. The molecule has 0 aliphatic heterocycles. The molecule has 1 aromatic rings. The molecule has 0 fully saturated rings. The minimum Gasteiger partial charge on any atom is -0.318 e. The maximum Gasteiger partial charge on any atom is 0.365 e. The minimum atomic E-state index is -0.321. The van der Waals surface area contributed by atoms with E-state index in [4.69, 9.17) is 5.84 Å². The number of hydrogen-bond acceptors (Lipinski definition) is 3. The molecule has 11 heavy (non-hydrogen) atoms. The summed E-state index contributed by atoms with van der Waals surface area (Å²) in [5, 5.41) is 3.76. The van der Waals surface area contributed by atoms with Gasteiger partial charge in [-0.25, -0.2) is 4.79 Å². The average molecular weight is 154 g/mol. The van der Waals surface area contributed by atoms with Gasteiger partial charge in [-0.1, -0.05) is 6.08 Å². The quantitative estimate of drug-likeness (QED) is 0.545. The monoisotopic (exact) mass is 154 g/mol. The molecule has 0 saturated heterocycles. The van der Waals surface area contributed by atoms with E-state index >= 15 is 0 Å². The zero-order chi connectivity index (χ0) is 8.43. The molecule has 0 spiro atoms. The van der Waals surface area contributed by atoms with E-state index in [9.17, 15) is 4.79 Å². The fourth-order valence-electron chi connectivity index (χ4n) is 0.766. The summed E-state index contributed by atoms with van der Waals surface area (Å²) in [6.45, 7) is 1.85. The molecule has 2 N–H and O–H groups in total. The third-order valence-electron chi connectivity index (χ3n) is 1.35. The molecule has 0 aromatic carbocycles. The Morgan fingerprint density at radius 1 is 1.64 bits per heavy atom. The summed E-state index contributed by atoms with van der Waals surface area (Å²) >= 11 is 0. The normalized spacial score (nSPS) is 11.1. The second-order valence-corrected chi connectivity index (χ2v) is 2.14. The lowest BCUT2D eigenvalue weighted by Gasteiger charge is -1.86. The van der Waals surface area contributed by atoms with Gasteiger partial charge in [-0.3, -0.25) is 4.57 Å². The summed E-state index contributed by atoms with van der Waals surface area (Å²) in [4.78, 5) is 11.8. The van der Waals surface area contributed by atoms with Gasteiger partial charge in [0, 0.05) is 7.05 Å². The van der Waals surface area contributed by atoms with Gasteiger partial charge in [0.15, 0.2) is 5.82 Å². The Morgan fingerprint density at radius 3 is 2.64 bits per heavy atom. The van der Waals surface area contributed by atoms with E-state index < -0.39 is 0 Å². The van der Waals surface area contributed by atoms with Crippen LogP contribution in [-0.4, -0.2) is 14.5 Å². The summed E-state index contributed by atoms with van der Waals surface area (Å²) in [5.74, 6) is 5.77. The average Bonchev–Trinajstić information content (AvgIpc) is 2.19. The summed E-state index contributed by atoms with van der Waals surface area (Å²) < 4.78 is 1.38.